The molecule has 0 bridgehead atoms. The second-order valence-electron chi connectivity index (χ2n) is 11.7. The quantitative estimate of drug-likeness (QED) is 0.0278. The number of allylic oxidation sites excluding steroid dienone is 2. The van der Waals surface area contributed by atoms with E-state index < -0.39 is 51.1 Å². The fourth-order valence-electron chi connectivity index (χ4n) is 4.47. The first-order valence-corrected chi connectivity index (χ1v) is 18.7. The molecule has 0 saturated heterocycles. The van der Waals surface area contributed by atoms with Crippen molar-refractivity contribution in [3.63, 3.8) is 0 Å². The Labute approximate surface area is 271 Å². The van der Waals surface area contributed by atoms with E-state index in [4.69, 9.17) is 24.8 Å². The second kappa shape index (κ2) is 29.6. The number of unbranched alkanes of at least 4 members (excludes halogenated alkanes) is 16. The van der Waals surface area contributed by atoms with Gasteiger partial charge in [0, 0.05) is 12.8 Å². The van der Waals surface area contributed by atoms with Gasteiger partial charge in [-0.15, -0.1) is 0 Å². The first-order valence-electron chi connectivity index (χ1n) is 17.2. The Kier molecular flexibility index (Phi) is 28.4. The number of ether oxygens (including phenoxy) is 2. The zero-order chi connectivity index (χ0) is 33.6. The van der Waals surface area contributed by atoms with Crippen LogP contribution in [0.3, 0.4) is 0 Å². The Morgan fingerprint density at radius 1 is 0.667 bits per heavy atom. The highest BCUT2D eigenvalue weighted by Gasteiger charge is 2.28. The lowest BCUT2D eigenvalue weighted by Gasteiger charge is -2.20. The van der Waals surface area contributed by atoms with Gasteiger partial charge in [0.1, 0.15) is 12.6 Å². The Morgan fingerprint density at radius 3 is 1.67 bits per heavy atom. The fourth-order valence-corrected chi connectivity index (χ4v) is 5.25. The van der Waals surface area contributed by atoms with E-state index in [2.05, 4.69) is 30.5 Å². The van der Waals surface area contributed by atoms with Crippen LogP contribution >= 0.6 is 7.82 Å². The fraction of sp³-hybridized carbons (Fsp3) is 0.848. The number of hydrogen-bond donors (Lipinski definition) is 3. The average Bonchev–Trinajstić information content (AvgIpc) is 3.00. The van der Waals surface area contributed by atoms with Gasteiger partial charge in [0.2, 0.25) is 0 Å². The highest BCUT2D eigenvalue weighted by Crippen LogP contribution is 2.43. The number of carbonyl (C=O) groups excluding carboxylic acids is 2. The topological polar surface area (TPSA) is 172 Å². The molecular weight excluding hydrogens is 601 g/mol. The van der Waals surface area contributed by atoms with Gasteiger partial charge >= 0.3 is 25.7 Å². The van der Waals surface area contributed by atoms with Gasteiger partial charge in [-0.25, -0.2) is 4.57 Å². The molecule has 0 saturated carbocycles. The molecule has 45 heavy (non-hydrogen) atoms. The lowest BCUT2D eigenvalue weighted by atomic mass is 10.1. The Hall–Kier alpha value is -1.78. The molecule has 0 aliphatic heterocycles. The summed E-state index contributed by atoms with van der Waals surface area (Å²) in [5.74, 6) is -2.39. The minimum atomic E-state index is -4.70. The molecule has 0 fully saturated rings. The van der Waals surface area contributed by atoms with Crippen LogP contribution in [0, 0.1) is 0 Å². The normalized spacial score (nSPS) is 14.2. The molecule has 0 aromatic heterocycles. The summed E-state index contributed by atoms with van der Waals surface area (Å²) in [6.07, 6.45) is 24.4. The molecule has 12 heteroatoms. The van der Waals surface area contributed by atoms with Crippen LogP contribution < -0.4 is 5.73 Å². The maximum absolute atomic E-state index is 12.5. The van der Waals surface area contributed by atoms with Gasteiger partial charge in [-0.3, -0.25) is 23.4 Å². The minimum absolute atomic E-state index is 0.154. The van der Waals surface area contributed by atoms with Crippen LogP contribution in [0.15, 0.2) is 12.2 Å². The van der Waals surface area contributed by atoms with Crippen molar-refractivity contribution in [2.24, 2.45) is 5.73 Å². The van der Waals surface area contributed by atoms with E-state index in [-0.39, 0.29) is 19.4 Å². The third kappa shape index (κ3) is 29.4. The van der Waals surface area contributed by atoms with E-state index in [1.54, 1.807) is 0 Å². The molecule has 0 spiro atoms. The summed E-state index contributed by atoms with van der Waals surface area (Å²) in [5, 5.41) is 8.82. The van der Waals surface area contributed by atoms with Crippen molar-refractivity contribution in [1.82, 2.24) is 0 Å². The number of aliphatic carboxylic acids is 1. The van der Waals surface area contributed by atoms with E-state index in [1.165, 1.54) is 51.4 Å². The number of carboxylic acids is 1. The van der Waals surface area contributed by atoms with Gasteiger partial charge in [0.25, 0.3) is 0 Å². The first-order chi connectivity index (χ1) is 21.6. The van der Waals surface area contributed by atoms with E-state index in [9.17, 15) is 23.8 Å². The lowest BCUT2D eigenvalue weighted by molar-refractivity contribution is -0.161. The van der Waals surface area contributed by atoms with Gasteiger partial charge < -0.3 is 25.2 Å². The highest BCUT2D eigenvalue weighted by atomic mass is 31.2. The van der Waals surface area contributed by atoms with Crippen molar-refractivity contribution in [2.45, 2.75) is 161 Å². The number of rotatable bonds is 32. The highest BCUT2D eigenvalue weighted by molar-refractivity contribution is 7.47. The maximum Gasteiger partial charge on any atom is 0.472 e. The lowest BCUT2D eigenvalue weighted by Crippen LogP contribution is -2.34. The summed E-state index contributed by atoms with van der Waals surface area (Å²) >= 11 is 0. The van der Waals surface area contributed by atoms with E-state index in [0.29, 0.717) is 12.8 Å². The number of hydrogen-bond acceptors (Lipinski definition) is 9. The van der Waals surface area contributed by atoms with Gasteiger partial charge in [0.15, 0.2) is 6.10 Å². The second-order valence-corrected chi connectivity index (χ2v) is 13.1. The van der Waals surface area contributed by atoms with Crippen LogP contribution in [0.4, 0.5) is 0 Å². The van der Waals surface area contributed by atoms with Crippen molar-refractivity contribution in [2.75, 3.05) is 19.8 Å². The standard InChI is InChI=1S/C33H62NO10P/c1-3-5-7-9-11-13-14-15-17-19-21-23-25-32(36)44-29(27-42-45(39,40)43-28-30(34)33(37)38)26-41-31(35)24-22-20-18-16-12-10-8-6-4-2/h11,13,29-30H,3-10,12,14-28,34H2,1-2H3,(H,37,38)(H,39,40)/b13-11+/t29-,30+/m1/s1. The molecule has 4 N–H and O–H groups in total. The van der Waals surface area contributed by atoms with Gasteiger partial charge in [-0.05, 0) is 38.5 Å². The summed E-state index contributed by atoms with van der Waals surface area (Å²) in [6, 6.07) is -1.52. The molecule has 0 heterocycles. The predicted octanol–water partition coefficient (Wildman–Crippen LogP) is 7.78. The maximum atomic E-state index is 12.5. The molecule has 1 unspecified atom stereocenters. The third-order valence-corrected chi connectivity index (χ3v) is 8.21. The van der Waals surface area contributed by atoms with Crippen LogP contribution in [-0.2, 0) is 37.5 Å². The number of phosphoric acid groups is 1. The number of esters is 2. The summed E-state index contributed by atoms with van der Waals surface area (Å²) in [7, 11) is -4.70. The zero-order valence-electron chi connectivity index (χ0n) is 28.0. The monoisotopic (exact) mass is 663 g/mol. The molecule has 0 amide bonds. The molecule has 0 aromatic rings. The van der Waals surface area contributed by atoms with Crippen LogP contribution in [0.2, 0.25) is 0 Å². The molecule has 0 rings (SSSR count). The van der Waals surface area contributed by atoms with Crippen molar-refractivity contribution in [3.8, 4) is 0 Å². The van der Waals surface area contributed by atoms with Crippen molar-refractivity contribution >= 4 is 25.7 Å². The minimum Gasteiger partial charge on any atom is -0.480 e. The first kappa shape index (κ1) is 43.2. The number of nitrogens with two attached hydrogens (primary N) is 1. The number of phosphoric ester groups is 1. The average molecular weight is 664 g/mol. The predicted molar refractivity (Wildman–Crippen MR) is 176 cm³/mol. The zero-order valence-corrected chi connectivity index (χ0v) is 28.9. The van der Waals surface area contributed by atoms with Crippen molar-refractivity contribution in [3.05, 3.63) is 12.2 Å². The smallest absolute Gasteiger partial charge is 0.472 e. The third-order valence-electron chi connectivity index (χ3n) is 7.26. The van der Waals surface area contributed by atoms with Crippen LogP contribution in [0.1, 0.15) is 149 Å². The van der Waals surface area contributed by atoms with Gasteiger partial charge in [0.05, 0.1) is 13.2 Å². The van der Waals surface area contributed by atoms with E-state index in [0.717, 1.165) is 57.8 Å². The summed E-state index contributed by atoms with van der Waals surface area (Å²) in [5.41, 5.74) is 5.29. The Bertz CT molecular complexity index is 838. The largest absolute Gasteiger partial charge is 0.480 e. The summed E-state index contributed by atoms with van der Waals surface area (Å²) < 4.78 is 32.4. The molecule has 0 aliphatic carbocycles. The summed E-state index contributed by atoms with van der Waals surface area (Å²) in [4.78, 5) is 45.5. The van der Waals surface area contributed by atoms with Crippen LogP contribution in [-0.4, -0.2) is 59.9 Å². The SMILES string of the molecule is CCCCC/C=C/CCCCCCCC(=O)O[C@H](COC(=O)CCCCCCCCCCC)COP(=O)(O)OC[C@H](N)C(=O)O. The van der Waals surface area contributed by atoms with Crippen LogP contribution in [0.5, 0.6) is 0 Å². The Morgan fingerprint density at radius 2 is 1.11 bits per heavy atom. The number of carbonyl (C=O) groups is 3. The molecule has 264 valence electrons. The molecule has 0 aliphatic rings. The van der Waals surface area contributed by atoms with Crippen molar-refractivity contribution in [1.29, 1.82) is 0 Å². The van der Waals surface area contributed by atoms with Gasteiger partial charge in [-0.2, -0.15) is 0 Å². The molecule has 0 radical (unpaired) electrons. The molecule has 0 aromatic carbocycles. The summed E-state index contributed by atoms with van der Waals surface area (Å²) in [6.45, 7) is 2.71. The van der Waals surface area contributed by atoms with Crippen molar-refractivity contribution < 1.29 is 47.5 Å². The van der Waals surface area contributed by atoms with Gasteiger partial charge in [-0.1, -0.05) is 109 Å². The number of carboxylic acid groups (broad SMARTS) is 1. The van der Waals surface area contributed by atoms with E-state index in [1.807, 2.05) is 0 Å². The Balaban J connectivity index is 4.51. The molecular formula is C33H62NO10P. The van der Waals surface area contributed by atoms with Crippen LogP contribution in [0.25, 0.3) is 0 Å². The molecule has 3 atom stereocenters. The van der Waals surface area contributed by atoms with E-state index >= 15 is 0 Å². The molecule has 11 nitrogen and oxygen atoms in total.